The van der Waals surface area contributed by atoms with Crippen molar-refractivity contribution in [2.75, 3.05) is 44.0 Å². The Balaban J connectivity index is 1.99. The fraction of sp³-hybridized carbons (Fsp3) is 0.562. The molecule has 1 aromatic carbocycles. The molecule has 1 aliphatic heterocycles. The Morgan fingerprint density at radius 3 is 2.68 bits per heavy atom. The molecule has 0 unspecified atom stereocenters. The molecule has 2 amide bonds. The lowest BCUT2D eigenvalue weighted by atomic mass is 10.1. The fourth-order valence-corrected chi connectivity index (χ4v) is 2.83. The lowest BCUT2D eigenvalue weighted by Crippen LogP contribution is -2.43. The van der Waals surface area contributed by atoms with E-state index in [2.05, 4.69) is 5.32 Å². The Kier molecular flexibility index (Phi) is 5.91. The molecular weight excluding hydrogens is 302 g/mol. The van der Waals surface area contributed by atoms with Crippen molar-refractivity contribution >= 4 is 29.0 Å². The van der Waals surface area contributed by atoms with Crippen LogP contribution < -0.4 is 10.2 Å². The number of ether oxygens (including phenoxy) is 1. The van der Waals surface area contributed by atoms with Crippen LogP contribution in [0.1, 0.15) is 19.8 Å². The van der Waals surface area contributed by atoms with Crippen LogP contribution >= 0.6 is 11.6 Å². The summed E-state index contributed by atoms with van der Waals surface area (Å²) in [5, 5.41) is 3.58. The second kappa shape index (κ2) is 7.70. The molecular formula is C16H24ClN3O2. The van der Waals surface area contributed by atoms with Crippen LogP contribution in [0, 0.1) is 0 Å². The molecule has 1 aromatic rings. The van der Waals surface area contributed by atoms with E-state index in [0.717, 1.165) is 30.8 Å². The molecule has 1 saturated heterocycles. The summed E-state index contributed by atoms with van der Waals surface area (Å²) < 4.78 is 5.61. The van der Waals surface area contributed by atoms with Crippen LogP contribution in [0.25, 0.3) is 0 Å². The lowest BCUT2D eigenvalue weighted by molar-refractivity contribution is 0.0232. The third kappa shape index (κ3) is 4.27. The van der Waals surface area contributed by atoms with Crippen LogP contribution in [0.5, 0.6) is 0 Å². The minimum Gasteiger partial charge on any atom is -0.378 e. The van der Waals surface area contributed by atoms with E-state index >= 15 is 0 Å². The van der Waals surface area contributed by atoms with Gasteiger partial charge in [0.15, 0.2) is 0 Å². The smallest absolute Gasteiger partial charge is 0.321 e. The Bertz CT molecular complexity index is 514. The number of carbonyl (C=O) groups excluding carboxylic acids is 1. The molecule has 0 radical (unpaired) electrons. The van der Waals surface area contributed by atoms with E-state index in [1.54, 1.807) is 6.07 Å². The molecule has 0 aliphatic carbocycles. The summed E-state index contributed by atoms with van der Waals surface area (Å²) >= 11 is 6.04. The maximum Gasteiger partial charge on any atom is 0.321 e. The molecule has 2 rings (SSSR count). The second-order valence-electron chi connectivity index (χ2n) is 5.63. The summed E-state index contributed by atoms with van der Waals surface area (Å²) in [6.45, 7) is 4.16. The van der Waals surface area contributed by atoms with Gasteiger partial charge in [0.1, 0.15) is 0 Å². The number of halogens is 1. The normalized spacial score (nSPS) is 15.7. The number of anilines is 2. The standard InChI is InChI=1S/C16H24ClN3O2/c1-4-22-13-7-9-20(10-8-13)16(21)18-14-11-12(17)5-6-15(14)19(2)3/h5-6,11,13H,4,7-10H2,1-3H3,(H,18,21). The van der Waals surface area contributed by atoms with Crippen molar-refractivity contribution in [3.63, 3.8) is 0 Å². The van der Waals surface area contributed by atoms with Crippen LogP contribution in [0.3, 0.4) is 0 Å². The minimum absolute atomic E-state index is 0.0830. The number of benzene rings is 1. The van der Waals surface area contributed by atoms with Crippen LogP contribution in [-0.2, 0) is 4.74 Å². The van der Waals surface area contributed by atoms with Gasteiger partial charge in [-0.15, -0.1) is 0 Å². The number of likely N-dealkylation sites (tertiary alicyclic amines) is 1. The molecule has 1 N–H and O–H groups in total. The molecule has 5 nitrogen and oxygen atoms in total. The highest BCUT2D eigenvalue weighted by Gasteiger charge is 2.23. The van der Waals surface area contributed by atoms with Crippen LogP contribution in [0.15, 0.2) is 18.2 Å². The quantitative estimate of drug-likeness (QED) is 0.922. The Morgan fingerprint density at radius 1 is 1.41 bits per heavy atom. The van der Waals surface area contributed by atoms with E-state index in [9.17, 15) is 4.79 Å². The largest absolute Gasteiger partial charge is 0.378 e. The highest BCUT2D eigenvalue weighted by molar-refractivity contribution is 6.31. The number of rotatable bonds is 4. The maximum atomic E-state index is 12.4. The van der Waals surface area contributed by atoms with Crippen molar-refractivity contribution in [1.82, 2.24) is 4.90 Å². The number of hydrogen-bond acceptors (Lipinski definition) is 3. The van der Waals surface area contributed by atoms with Crippen LogP contribution in [0.4, 0.5) is 16.2 Å². The average molecular weight is 326 g/mol. The average Bonchev–Trinajstić information content (AvgIpc) is 2.48. The van der Waals surface area contributed by atoms with Gasteiger partial charge in [0.05, 0.1) is 17.5 Å². The van der Waals surface area contributed by atoms with Gasteiger partial charge in [-0.1, -0.05) is 11.6 Å². The third-order valence-electron chi connectivity index (χ3n) is 3.81. The van der Waals surface area contributed by atoms with Gasteiger partial charge < -0.3 is 19.9 Å². The first kappa shape index (κ1) is 16.9. The van der Waals surface area contributed by atoms with Crippen molar-refractivity contribution in [2.45, 2.75) is 25.9 Å². The molecule has 0 saturated carbocycles. The van der Waals surface area contributed by atoms with E-state index < -0.39 is 0 Å². The molecule has 0 aromatic heterocycles. The Morgan fingerprint density at radius 2 is 2.09 bits per heavy atom. The number of nitrogens with one attached hydrogen (secondary N) is 1. The van der Waals surface area contributed by atoms with Gasteiger partial charge in [-0.05, 0) is 38.0 Å². The van der Waals surface area contributed by atoms with Gasteiger partial charge in [-0.2, -0.15) is 0 Å². The molecule has 6 heteroatoms. The third-order valence-corrected chi connectivity index (χ3v) is 4.05. The van der Waals surface area contributed by atoms with Crippen LogP contribution in [-0.4, -0.2) is 50.8 Å². The van der Waals surface area contributed by atoms with Gasteiger partial charge in [0.2, 0.25) is 0 Å². The molecule has 0 bridgehead atoms. The number of nitrogens with zero attached hydrogens (tertiary/aromatic N) is 2. The van der Waals surface area contributed by atoms with E-state index in [1.165, 1.54) is 0 Å². The summed E-state index contributed by atoms with van der Waals surface area (Å²) in [7, 11) is 3.87. The highest BCUT2D eigenvalue weighted by atomic mass is 35.5. The zero-order valence-corrected chi connectivity index (χ0v) is 14.2. The summed E-state index contributed by atoms with van der Waals surface area (Å²) in [6.07, 6.45) is 2.05. The fourth-order valence-electron chi connectivity index (χ4n) is 2.65. The number of urea groups is 1. The van der Waals surface area contributed by atoms with E-state index in [1.807, 2.05) is 43.0 Å². The van der Waals surface area contributed by atoms with Gasteiger partial charge in [-0.3, -0.25) is 0 Å². The first-order valence-corrected chi connectivity index (χ1v) is 8.03. The summed E-state index contributed by atoms with van der Waals surface area (Å²) in [5.41, 5.74) is 1.66. The Labute approximate surface area is 137 Å². The second-order valence-corrected chi connectivity index (χ2v) is 6.06. The first-order chi connectivity index (χ1) is 10.5. The lowest BCUT2D eigenvalue weighted by Gasteiger charge is -2.32. The van der Waals surface area contributed by atoms with Crippen molar-refractivity contribution in [3.05, 3.63) is 23.2 Å². The monoisotopic (exact) mass is 325 g/mol. The summed E-state index contributed by atoms with van der Waals surface area (Å²) in [4.78, 5) is 16.2. The van der Waals surface area contributed by atoms with E-state index in [0.29, 0.717) is 18.1 Å². The van der Waals surface area contributed by atoms with Crippen LogP contribution in [0.2, 0.25) is 5.02 Å². The van der Waals surface area contributed by atoms with Crippen molar-refractivity contribution in [2.24, 2.45) is 0 Å². The summed E-state index contributed by atoms with van der Waals surface area (Å²) in [6, 6.07) is 5.42. The van der Waals surface area contributed by atoms with Crippen molar-refractivity contribution in [1.29, 1.82) is 0 Å². The molecule has 22 heavy (non-hydrogen) atoms. The van der Waals surface area contributed by atoms with E-state index in [-0.39, 0.29) is 12.1 Å². The molecule has 0 atom stereocenters. The number of carbonyl (C=O) groups is 1. The SMILES string of the molecule is CCOC1CCN(C(=O)Nc2cc(Cl)ccc2N(C)C)CC1. The predicted molar refractivity (Wildman–Crippen MR) is 91.0 cm³/mol. The zero-order valence-electron chi connectivity index (χ0n) is 13.4. The van der Waals surface area contributed by atoms with Crippen molar-refractivity contribution < 1.29 is 9.53 Å². The number of amides is 2. The van der Waals surface area contributed by atoms with E-state index in [4.69, 9.17) is 16.3 Å². The maximum absolute atomic E-state index is 12.4. The number of piperidine rings is 1. The van der Waals surface area contributed by atoms with Gasteiger partial charge in [0, 0.05) is 38.8 Å². The van der Waals surface area contributed by atoms with Crippen molar-refractivity contribution in [3.8, 4) is 0 Å². The summed E-state index contributed by atoms with van der Waals surface area (Å²) in [5.74, 6) is 0. The first-order valence-electron chi connectivity index (χ1n) is 7.65. The van der Waals surface area contributed by atoms with Gasteiger partial charge in [0.25, 0.3) is 0 Å². The molecule has 0 spiro atoms. The molecule has 1 fully saturated rings. The molecule has 122 valence electrons. The predicted octanol–water partition coefficient (Wildman–Crippen LogP) is 3.44. The topological polar surface area (TPSA) is 44.8 Å². The minimum atomic E-state index is -0.0830. The Hall–Kier alpha value is -1.46. The zero-order chi connectivity index (χ0) is 16.1. The number of hydrogen-bond donors (Lipinski definition) is 1. The molecule has 1 aliphatic rings. The molecule has 1 heterocycles. The van der Waals surface area contributed by atoms with Gasteiger partial charge >= 0.3 is 6.03 Å². The highest BCUT2D eigenvalue weighted by Crippen LogP contribution is 2.28. The van der Waals surface area contributed by atoms with Gasteiger partial charge in [-0.25, -0.2) is 4.79 Å².